The maximum atomic E-state index is 12.5. The lowest BCUT2D eigenvalue weighted by Gasteiger charge is -2.32. The Labute approximate surface area is 167 Å². The fraction of sp³-hybridized carbons (Fsp3) is 0.571. The van der Waals surface area contributed by atoms with E-state index in [0.29, 0.717) is 0 Å². The van der Waals surface area contributed by atoms with Gasteiger partial charge in [0.25, 0.3) is 0 Å². The van der Waals surface area contributed by atoms with Gasteiger partial charge in [-0.2, -0.15) is 5.10 Å². The van der Waals surface area contributed by atoms with Gasteiger partial charge in [0.1, 0.15) is 18.3 Å². The smallest absolute Gasteiger partial charge is 0.410 e. The summed E-state index contributed by atoms with van der Waals surface area (Å²) in [6.07, 6.45) is 5.08. The van der Waals surface area contributed by atoms with Crippen LogP contribution in [-0.2, 0) is 17.8 Å². The Bertz CT molecular complexity index is 752. The molecule has 28 heavy (non-hydrogen) atoms. The molecule has 0 spiro atoms. The van der Waals surface area contributed by atoms with E-state index in [0.717, 1.165) is 32.5 Å². The zero-order valence-electron chi connectivity index (χ0n) is 17.3. The summed E-state index contributed by atoms with van der Waals surface area (Å²) in [6, 6.07) is 8.86. The van der Waals surface area contributed by atoms with Crippen molar-refractivity contribution in [2.45, 2.75) is 71.3 Å². The molecular formula is C21H31N5O2. The lowest BCUT2D eigenvalue weighted by Crippen LogP contribution is -2.48. The minimum atomic E-state index is -0.463. The summed E-state index contributed by atoms with van der Waals surface area (Å²) in [5.41, 5.74) is 1.94. The van der Waals surface area contributed by atoms with Crippen molar-refractivity contribution in [3.05, 3.63) is 48.0 Å². The van der Waals surface area contributed by atoms with E-state index in [9.17, 15) is 4.79 Å². The first-order chi connectivity index (χ1) is 13.3. The number of benzene rings is 1. The lowest BCUT2D eigenvalue weighted by atomic mass is 10.1. The summed E-state index contributed by atoms with van der Waals surface area (Å²) >= 11 is 0. The zero-order chi connectivity index (χ0) is 20.1. The van der Waals surface area contributed by atoms with Gasteiger partial charge in [-0.25, -0.2) is 14.5 Å². The number of ether oxygens (including phenoxy) is 1. The molecule has 7 nitrogen and oxygen atoms in total. The van der Waals surface area contributed by atoms with Gasteiger partial charge in [0.2, 0.25) is 0 Å². The van der Waals surface area contributed by atoms with Crippen LogP contribution in [0.2, 0.25) is 0 Å². The molecule has 1 amide bonds. The summed E-state index contributed by atoms with van der Waals surface area (Å²) in [5, 5.41) is 7.71. The number of hydrogen-bond donors (Lipinski definition) is 1. The Hall–Kier alpha value is -2.41. The van der Waals surface area contributed by atoms with Crippen LogP contribution in [0.15, 0.2) is 36.9 Å². The number of hydrogen-bond acceptors (Lipinski definition) is 5. The molecule has 1 aliphatic rings. The van der Waals surface area contributed by atoms with Crippen molar-refractivity contribution in [2.24, 2.45) is 0 Å². The molecule has 1 aliphatic heterocycles. The Morgan fingerprint density at radius 3 is 2.64 bits per heavy atom. The molecule has 1 N–H and O–H groups in total. The monoisotopic (exact) mass is 385 g/mol. The van der Waals surface area contributed by atoms with E-state index >= 15 is 0 Å². The van der Waals surface area contributed by atoms with E-state index < -0.39 is 5.60 Å². The molecule has 0 radical (unpaired) electrons. The fourth-order valence-corrected chi connectivity index (χ4v) is 3.54. The molecule has 2 heterocycles. The molecule has 0 unspecified atom stereocenters. The van der Waals surface area contributed by atoms with Crippen LogP contribution in [0.3, 0.4) is 0 Å². The largest absolute Gasteiger partial charge is 0.444 e. The highest BCUT2D eigenvalue weighted by Gasteiger charge is 2.35. The Morgan fingerprint density at radius 1 is 1.29 bits per heavy atom. The first-order valence-corrected chi connectivity index (χ1v) is 9.95. The van der Waals surface area contributed by atoms with Gasteiger partial charge in [-0.3, -0.25) is 0 Å². The molecular weight excluding hydrogens is 354 g/mol. The van der Waals surface area contributed by atoms with Gasteiger partial charge in [0, 0.05) is 19.1 Å². The predicted octanol–water partition coefficient (Wildman–Crippen LogP) is 3.20. The lowest BCUT2D eigenvalue weighted by molar-refractivity contribution is 0.0200. The SMILES string of the molecule is C[C@H](NCc1ccc(Cn2cncn2)cc1)[C@H]1CCCN1C(=O)OC(C)(C)C. The van der Waals surface area contributed by atoms with Crippen molar-refractivity contribution in [2.75, 3.05) is 6.54 Å². The molecule has 3 rings (SSSR count). The second-order valence-electron chi connectivity index (χ2n) is 8.46. The van der Waals surface area contributed by atoms with Crippen molar-refractivity contribution in [1.29, 1.82) is 0 Å². The molecule has 1 aromatic heterocycles. The summed E-state index contributed by atoms with van der Waals surface area (Å²) in [6.45, 7) is 10.1. The highest BCUT2D eigenvalue weighted by Crippen LogP contribution is 2.23. The highest BCUT2D eigenvalue weighted by molar-refractivity contribution is 5.69. The first kappa shape index (κ1) is 20.3. The predicted molar refractivity (Wildman–Crippen MR) is 108 cm³/mol. The van der Waals surface area contributed by atoms with E-state index in [1.54, 1.807) is 17.3 Å². The maximum absolute atomic E-state index is 12.5. The van der Waals surface area contributed by atoms with E-state index in [1.807, 2.05) is 25.7 Å². The molecule has 2 atom stereocenters. The van der Waals surface area contributed by atoms with E-state index in [2.05, 4.69) is 46.6 Å². The van der Waals surface area contributed by atoms with Crippen LogP contribution in [0.5, 0.6) is 0 Å². The van der Waals surface area contributed by atoms with Crippen molar-refractivity contribution in [3.8, 4) is 0 Å². The van der Waals surface area contributed by atoms with Crippen molar-refractivity contribution >= 4 is 6.09 Å². The third-order valence-electron chi connectivity index (χ3n) is 4.97. The van der Waals surface area contributed by atoms with E-state index in [-0.39, 0.29) is 18.2 Å². The number of carbonyl (C=O) groups is 1. The number of likely N-dealkylation sites (tertiary alicyclic amines) is 1. The number of carbonyl (C=O) groups excluding carboxylic acids is 1. The van der Waals surface area contributed by atoms with E-state index in [4.69, 9.17) is 4.74 Å². The molecule has 152 valence electrons. The molecule has 1 fully saturated rings. The van der Waals surface area contributed by atoms with Crippen molar-refractivity contribution < 1.29 is 9.53 Å². The summed E-state index contributed by atoms with van der Waals surface area (Å²) in [5.74, 6) is 0. The standard InChI is InChI=1S/C21H31N5O2/c1-16(19-6-5-11-26(19)20(27)28-21(2,3)4)23-12-17-7-9-18(10-8-17)13-25-15-22-14-24-25/h7-10,14-16,19,23H,5-6,11-13H2,1-4H3/t16-,19+/m0/s1. The van der Waals surface area contributed by atoms with Gasteiger partial charge in [0.15, 0.2) is 0 Å². The number of amides is 1. The van der Waals surface area contributed by atoms with Gasteiger partial charge < -0.3 is 15.0 Å². The Balaban J connectivity index is 1.51. The normalized spacial score (nSPS) is 18.3. The average molecular weight is 386 g/mol. The van der Waals surface area contributed by atoms with Crippen LogP contribution in [-0.4, -0.2) is 50.0 Å². The number of nitrogens with zero attached hydrogens (tertiary/aromatic N) is 4. The molecule has 1 aromatic carbocycles. The van der Waals surface area contributed by atoms with Crippen LogP contribution in [0.4, 0.5) is 4.79 Å². The fourth-order valence-electron chi connectivity index (χ4n) is 3.54. The maximum Gasteiger partial charge on any atom is 0.410 e. The topological polar surface area (TPSA) is 72.3 Å². The van der Waals surface area contributed by atoms with Gasteiger partial charge in [-0.15, -0.1) is 0 Å². The van der Waals surface area contributed by atoms with Crippen LogP contribution in [0.25, 0.3) is 0 Å². The van der Waals surface area contributed by atoms with E-state index in [1.165, 1.54) is 11.1 Å². The van der Waals surface area contributed by atoms with Gasteiger partial charge >= 0.3 is 6.09 Å². The van der Waals surface area contributed by atoms with Gasteiger partial charge in [0.05, 0.1) is 12.6 Å². The zero-order valence-corrected chi connectivity index (χ0v) is 17.3. The number of nitrogens with one attached hydrogen (secondary N) is 1. The first-order valence-electron chi connectivity index (χ1n) is 9.95. The third-order valence-corrected chi connectivity index (χ3v) is 4.97. The Morgan fingerprint density at radius 2 is 2.00 bits per heavy atom. The summed E-state index contributed by atoms with van der Waals surface area (Å²) < 4.78 is 7.37. The van der Waals surface area contributed by atoms with Crippen molar-refractivity contribution in [1.82, 2.24) is 25.0 Å². The van der Waals surface area contributed by atoms with Crippen LogP contribution < -0.4 is 5.32 Å². The quantitative estimate of drug-likeness (QED) is 0.827. The van der Waals surface area contributed by atoms with Gasteiger partial charge in [-0.05, 0) is 51.7 Å². The summed E-state index contributed by atoms with van der Waals surface area (Å²) in [7, 11) is 0. The molecule has 1 saturated heterocycles. The highest BCUT2D eigenvalue weighted by atomic mass is 16.6. The van der Waals surface area contributed by atoms with Crippen LogP contribution in [0.1, 0.15) is 51.7 Å². The minimum Gasteiger partial charge on any atom is -0.444 e. The molecule has 0 bridgehead atoms. The van der Waals surface area contributed by atoms with Crippen LogP contribution >= 0.6 is 0 Å². The van der Waals surface area contributed by atoms with Crippen LogP contribution in [0, 0.1) is 0 Å². The second kappa shape index (κ2) is 8.73. The van der Waals surface area contributed by atoms with Crippen molar-refractivity contribution in [3.63, 3.8) is 0 Å². The summed E-state index contributed by atoms with van der Waals surface area (Å²) in [4.78, 5) is 18.3. The molecule has 7 heteroatoms. The minimum absolute atomic E-state index is 0.168. The number of aromatic nitrogens is 3. The second-order valence-corrected chi connectivity index (χ2v) is 8.46. The third kappa shape index (κ3) is 5.55. The number of rotatable bonds is 6. The van der Waals surface area contributed by atoms with Gasteiger partial charge in [-0.1, -0.05) is 24.3 Å². The molecule has 0 aliphatic carbocycles. The average Bonchev–Trinajstić information content (AvgIpc) is 3.31. The molecule has 0 saturated carbocycles. The Kier molecular flexibility index (Phi) is 6.34. The molecule has 2 aromatic rings.